The standard InChI is InChI=1S/C16H18N4O/c1-21-14-5-6-16(15(18)10-14)20(9-3-7-17)12-13-4-2-8-19-11-13/h2,4-6,8,10-11H,3,9,12,18H2,1H3. The zero-order chi connectivity index (χ0) is 15.1. The second kappa shape index (κ2) is 7.15. The SMILES string of the molecule is COc1ccc(N(CCC#N)Cc2cccnc2)c(N)c1. The number of benzene rings is 1. The number of pyridine rings is 1. The van der Waals surface area contributed by atoms with Crippen LogP contribution in [0, 0.1) is 11.3 Å². The highest BCUT2D eigenvalue weighted by Gasteiger charge is 2.11. The fourth-order valence-electron chi connectivity index (χ4n) is 2.13. The van der Waals surface area contributed by atoms with E-state index in [2.05, 4.69) is 16.0 Å². The van der Waals surface area contributed by atoms with Crippen LogP contribution in [0.3, 0.4) is 0 Å². The molecule has 21 heavy (non-hydrogen) atoms. The van der Waals surface area contributed by atoms with Gasteiger partial charge in [0, 0.05) is 31.5 Å². The Labute approximate surface area is 124 Å². The number of hydrogen-bond donors (Lipinski definition) is 1. The van der Waals surface area contributed by atoms with Gasteiger partial charge in [-0.2, -0.15) is 5.26 Å². The molecule has 0 atom stereocenters. The van der Waals surface area contributed by atoms with Crippen LogP contribution < -0.4 is 15.4 Å². The molecule has 1 aromatic heterocycles. The summed E-state index contributed by atoms with van der Waals surface area (Å²) in [6.07, 6.45) is 4.00. The summed E-state index contributed by atoms with van der Waals surface area (Å²) in [4.78, 5) is 6.20. The molecule has 0 radical (unpaired) electrons. The van der Waals surface area contributed by atoms with Crippen molar-refractivity contribution in [3.05, 3.63) is 48.3 Å². The number of nitrogens with two attached hydrogens (primary N) is 1. The second-order valence-corrected chi connectivity index (χ2v) is 4.62. The van der Waals surface area contributed by atoms with Gasteiger partial charge in [0.05, 0.1) is 31.0 Å². The number of aromatic nitrogens is 1. The molecule has 1 aromatic carbocycles. The van der Waals surface area contributed by atoms with E-state index < -0.39 is 0 Å². The minimum atomic E-state index is 0.436. The number of anilines is 2. The first-order valence-electron chi connectivity index (χ1n) is 6.69. The first kappa shape index (κ1) is 14.7. The van der Waals surface area contributed by atoms with Crippen LogP contribution in [0.1, 0.15) is 12.0 Å². The van der Waals surface area contributed by atoms with Crippen molar-refractivity contribution in [1.82, 2.24) is 4.98 Å². The summed E-state index contributed by atoms with van der Waals surface area (Å²) in [5.74, 6) is 0.720. The van der Waals surface area contributed by atoms with E-state index in [1.165, 1.54) is 0 Å². The van der Waals surface area contributed by atoms with Gasteiger partial charge in [-0.1, -0.05) is 6.07 Å². The lowest BCUT2D eigenvalue weighted by molar-refractivity contribution is 0.415. The summed E-state index contributed by atoms with van der Waals surface area (Å²) in [7, 11) is 1.61. The van der Waals surface area contributed by atoms with E-state index in [0.717, 1.165) is 17.0 Å². The fraction of sp³-hybridized carbons (Fsp3) is 0.250. The number of rotatable bonds is 6. The fourth-order valence-corrected chi connectivity index (χ4v) is 2.13. The molecular weight excluding hydrogens is 264 g/mol. The van der Waals surface area contributed by atoms with Crippen molar-refractivity contribution in [2.24, 2.45) is 0 Å². The van der Waals surface area contributed by atoms with Crippen molar-refractivity contribution in [3.63, 3.8) is 0 Å². The van der Waals surface area contributed by atoms with Crippen LogP contribution in [0.4, 0.5) is 11.4 Å². The number of ether oxygens (including phenoxy) is 1. The predicted octanol–water partition coefficient (Wildman–Crippen LogP) is 2.59. The average molecular weight is 282 g/mol. The molecule has 0 aliphatic heterocycles. The largest absolute Gasteiger partial charge is 0.497 e. The Morgan fingerprint density at radius 1 is 1.38 bits per heavy atom. The summed E-state index contributed by atoms with van der Waals surface area (Å²) in [6.45, 7) is 1.27. The molecule has 0 amide bonds. The zero-order valence-corrected chi connectivity index (χ0v) is 12.0. The van der Waals surface area contributed by atoms with Gasteiger partial charge >= 0.3 is 0 Å². The Morgan fingerprint density at radius 2 is 2.24 bits per heavy atom. The monoisotopic (exact) mass is 282 g/mol. The summed E-state index contributed by atoms with van der Waals surface area (Å²) in [5.41, 5.74) is 8.71. The van der Waals surface area contributed by atoms with Crippen LogP contribution in [-0.2, 0) is 6.54 Å². The molecule has 5 heteroatoms. The lowest BCUT2D eigenvalue weighted by atomic mass is 10.2. The van der Waals surface area contributed by atoms with Gasteiger partial charge in [-0.05, 0) is 23.8 Å². The molecule has 1 heterocycles. The summed E-state index contributed by atoms with van der Waals surface area (Å²) >= 11 is 0. The van der Waals surface area contributed by atoms with Crippen molar-refractivity contribution < 1.29 is 4.74 Å². The highest BCUT2D eigenvalue weighted by Crippen LogP contribution is 2.28. The van der Waals surface area contributed by atoms with E-state index in [9.17, 15) is 0 Å². The quantitative estimate of drug-likeness (QED) is 0.824. The first-order chi connectivity index (χ1) is 10.2. The molecule has 108 valence electrons. The Kier molecular flexibility index (Phi) is 4.99. The van der Waals surface area contributed by atoms with Crippen molar-refractivity contribution >= 4 is 11.4 Å². The van der Waals surface area contributed by atoms with E-state index in [1.807, 2.05) is 30.5 Å². The van der Waals surface area contributed by atoms with Crippen molar-refractivity contribution in [1.29, 1.82) is 5.26 Å². The molecule has 0 bridgehead atoms. The van der Waals surface area contributed by atoms with Gasteiger partial charge in [0.15, 0.2) is 0 Å². The maximum absolute atomic E-state index is 8.84. The van der Waals surface area contributed by atoms with Crippen LogP contribution >= 0.6 is 0 Å². The third-order valence-electron chi connectivity index (χ3n) is 3.17. The van der Waals surface area contributed by atoms with Gasteiger partial charge in [-0.3, -0.25) is 4.98 Å². The molecule has 0 saturated heterocycles. The second-order valence-electron chi connectivity index (χ2n) is 4.62. The first-order valence-corrected chi connectivity index (χ1v) is 6.69. The number of nitrogen functional groups attached to an aromatic ring is 1. The Balaban J connectivity index is 2.25. The van der Waals surface area contributed by atoms with E-state index in [1.54, 1.807) is 19.4 Å². The van der Waals surface area contributed by atoms with Crippen LogP contribution in [0.5, 0.6) is 5.75 Å². The lowest BCUT2D eigenvalue weighted by Crippen LogP contribution is -2.24. The Bertz CT molecular complexity index is 622. The van der Waals surface area contributed by atoms with Gasteiger partial charge < -0.3 is 15.4 Å². The zero-order valence-electron chi connectivity index (χ0n) is 12.0. The summed E-state index contributed by atoms with van der Waals surface area (Å²) < 4.78 is 5.17. The van der Waals surface area contributed by atoms with Gasteiger partial charge in [-0.25, -0.2) is 0 Å². The number of methoxy groups -OCH3 is 1. The number of hydrogen-bond acceptors (Lipinski definition) is 5. The van der Waals surface area contributed by atoms with Gasteiger partial charge in [0.1, 0.15) is 5.75 Å². The molecule has 0 aliphatic rings. The Morgan fingerprint density at radius 3 is 2.86 bits per heavy atom. The maximum Gasteiger partial charge on any atom is 0.121 e. The van der Waals surface area contributed by atoms with E-state index >= 15 is 0 Å². The average Bonchev–Trinajstić information content (AvgIpc) is 2.52. The highest BCUT2D eigenvalue weighted by molar-refractivity contribution is 5.69. The Hall–Kier alpha value is -2.74. The third-order valence-corrected chi connectivity index (χ3v) is 3.17. The minimum absolute atomic E-state index is 0.436. The molecule has 0 unspecified atom stereocenters. The molecule has 5 nitrogen and oxygen atoms in total. The summed E-state index contributed by atoms with van der Waals surface area (Å²) in [5, 5.41) is 8.84. The maximum atomic E-state index is 8.84. The van der Waals surface area contributed by atoms with Gasteiger partial charge in [0.2, 0.25) is 0 Å². The lowest BCUT2D eigenvalue weighted by Gasteiger charge is -2.25. The molecule has 2 rings (SSSR count). The van der Waals surface area contributed by atoms with Crippen LogP contribution in [0.25, 0.3) is 0 Å². The normalized spacial score (nSPS) is 9.90. The molecule has 0 aliphatic carbocycles. The molecule has 0 fully saturated rings. The molecule has 0 spiro atoms. The predicted molar refractivity (Wildman–Crippen MR) is 82.9 cm³/mol. The molecule has 2 aromatic rings. The topological polar surface area (TPSA) is 75.2 Å². The highest BCUT2D eigenvalue weighted by atomic mass is 16.5. The van der Waals surface area contributed by atoms with Crippen LogP contribution in [-0.4, -0.2) is 18.6 Å². The molecule has 2 N–H and O–H groups in total. The van der Waals surface area contributed by atoms with Crippen molar-refractivity contribution in [2.75, 3.05) is 24.3 Å². The van der Waals surface area contributed by atoms with E-state index in [0.29, 0.717) is 25.2 Å². The van der Waals surface area contributed by atoms with Crippen LogP contribution in [0.2, 0.25) is 0 Å². The number of nitriles is 1. The molecular formula is C16H18N4O. The third kappa shape index (κ3) is 3.86. The van der Waals surface area contributed by atoms with Crippen LogP contribution in [0.15, 0.2) is 42.7 Å². The van der Waals surface area contributed by atoms with Gasteiger partial charge in [0.25, 0.3) is 0 Å². The van der Waals surface area contributed by atoms with E-state index in [-0.39, 0.29) is 0 Å². The smallest absolute Gasteiger partial charge is 0.121 e. The van der Waals surface area contributed by atoms with Crippen molar-refractivity contribution in [3.8, 4) is 11.8 Å². The minimum Gasteiger partial charge on any atom is -0.497 e. The number of nitrogens with zero attached hydrogens (tertiary/aromatic N) is 3. The van der Waals surface area contributed by atoms with E-state index in [4.69, 9.17) is 15.7 Å². The van der Waals surface area contributed by atoms with Crippen molar-refractivity contribution in [2.45, 2.75) is 13.0 Å². The summed E-state index contributed by atoms with van der Waals surface area (Å²) in [6, 6.07) is 11.7. The van der Waals surface area contributed by atoms with Gasteiger partial charge in [-0.15, -0.1) is 0 Å². The molecule has 0 saturated carbocycles.